The molecule has 0 fully saturated rings. The molecule has 2 aromatic rings. The number of rotatable bonds is 6. The molecule has 0 radical (unpaired) electrons. The summed E-state index contributed by atoms with van der Waals surface area (Å²) in [4.78, 5) is 0.127. The minimum absolute atomic E-state index is 0.127. The van der Waals surface area contributed by atoms with Gasteiger partial charge in [-0.2, -0.15) is 0 Å². The number of furan rings is 1. The van der Waals surface area contributed by atoms with Crippen LogP contribution >= 0.6 is 15.9 Å². The van der Waals surface area contributed by atoms with Crippen LogP contribution in [0, 0.1) is 0 Å². The molecule has 1 aromatic heterocycles. The van der Waals surface area contributed by atoms with E-state index >= 15 is 0 Å². The van der Waals surface area contributed by atoms with Crippen molar-refractivity contribution in [1.82, 2.24) is 5.32 Å². The second kappa shape index (κ2) is 6.64. The minimum atomic E-state index is -3.66. The Morgan fingerprint density at radius 1 is 1.29 bits per heavy atom. The van der Waals surface area contributed by atoms with Gasteiger partial charge >= 0.3 is 0 Å². The van der Waals surface area contributed by atoms with Crippen LogP contribution in [0.15, 0.2) is 50.4 Å². The summed E-state index contributed by atoms with van der Waals surface area (Å²) < 4.78 is 32.2. The maximum Gasteiger partial charge on any atom is 0.268 e. The second-order valence-electron chi connectivity index (χ2n) is 4.44. The fraction of sp³-hybridized carbons (Fsp3) is 0.286. The van der Waals surface area contributed by atoms with Gasteiger partial charge in [0.05, 0.1) is 12.2 Å². The van der Waals surface area contributed by atoms with Crippen molar-refractivity contribution in [3.05, 3.63) is 46.8 Å². The highest BCUT2D eigenvalue weighted by molar-refractivity contribution is 9.10. The monoisotopic (exact) mass is 372 g/mol. The molecular weight excluding hydrogens is 356 g/mol. The number of hydrogen-bond acceptors (Lipinski definition) is 4. The van der Waals surface area contributed by atoms with E-state index < -0.39 is 10.0 Å². The summed E-state index contributed by atoms with van der Waals surface area (Å²) in [5, 5.41) is 3.09. The van der Waals surface area contributed by atoms with Gasteiger partial charge in [-0.25, -0.2) is 8.42 Å². The molecule has 1 N–H and O–H groups in total. The van der Waals surface area contributed by atoms with Gasteiger partial charge in [-0.15, -0.1) is 0 Å². The fourth-order valence-corrected chi connectivity index (χ4v) is 3.99. The predicted octanol–water partition coefficient (Wildman–Crippen LogP) is 2.98. The molecule has 0 spiro atoms. The van der Waals surface area contributed by atoms with Gasteiger partial charge in [0.15, 0.2) is 4.67 Å². The van der Waals surface area contributed by atoms with E-state index in [4.69, 9.17) is 4.42 Å². The molecule has 0 unspecified atom stereocenters. The fourth-order valence-electron chi connectivity index (χ4n) is 1.83. The van der Waals surface area contributed by atoms with Crippen LogP contribution in [0.3, 0.4) is 0 Å². The van der Waals surface area contributed by atoms with Gasteiger partial charge in [-0.05, 0) is 34.6 Å². The van der Waals surface area contributed by atoms with Crippen LogP contribution in [-0.2, 0) is 16.6 Å². The SMILES string of the molecule is CCNCc1cc(S(=O)(=O)N(C)c2ccccc2)c(Br)o1. The van der Waals surface area contributed by atoms with E-state index in [9.17, 15) is 8.42 Å². The van der Waals surface area contributed by atoms with Gasteiger partial charge in [-0.3, -0.25) is 4.31 Å². The highest BCUT2D eigenvalue weighted by Crippen LogP contribution is 2.30. The number of nitrogens with zero attached hydrogens (tertiary/aromatic N) is 1. The number of nitrogens with one attached hydrogen (secondary N) is 1. The van der Waals surface area contributed by atoms with Crippen molar-refractivity contribution in [1.29, 1.82) is 0 Å². The molecule has 1 heterocycles. The molecule has 0 aliphatic carbocycles. The molecule has 114 valence electrons. The van der Waals surface area contributed by atoms with E-state index in [-0.39, 0.29) is 9.56 Å². The van der Waals surface area contributed by atoms with Crippen LogP contribution in [-0.4, -0.2) is 22.0 Å². The standard InChI is InChI=1S/C14H17BrN2O3S/c1-3-16-10-12-9-13(14(15)20-12)21(18,19)17(2)11-7-5-4-6-8-11/h4-9,16H,3,10H2,1-2H3. The second-order valence-corrected chi connectivity index (χ2v) is 7.10. The van der Waals surface area contributed by atoms with Gasteiger partial charge in [0, 0.05) is 13.1 Å². The number of benzene rings is 1. The van der Waals surface area contributed by atoms with Gasteiger partial charge in [-0.1, -0.05) is 25.1 Å². The van der Waals surface area contributed by atoms with Crippen LogP contribution in [0.2, 0.25) is 0 Å². The Kier molecular flexibility index (Phi) is 5.08. The zero-order valence-electron chi connectivity index (χ0n) is 11.8. The first-order valence-electron chi connectivity index (χ1n) is 6.49. The normalized spacial score (nSPS) is 11.6. The summed E-state index contributed by atoms with van der Waals surface area (Å²) in [5.74, 6) is 0.573. The minimum Gasteiger partial charge on any atom is -0.451 e. The highest BCUT2D eigenvalue weighted by Gasteiger charge is 2.27. The summed E-state index contributed by atoms with van der Waals surface area (Å²) in [6, 6.07) is 10.5. The Morgan fingerprint density at radius 2 is 1.95 bits per heavy atom. The largest absolute Gasteiger partial charge is 0.451 e. The molecular formula is C14H17BrN2O3S. The van der Waals surface area contributed by atoms with E-state index in [1.54, 1.807) is 30.3 Å². The molecule has 21 heavy (non-hydrogen) atoms. The molecule has 2 rings (SSSR count). The van der Waals surface area contributed by atoms with Crippen molar-refractivity contribution >= 4 is 31.6 Å². The Morgan fingerprint density at radius 3 is 2.57 bits per heavy atom. The average Bonchev–Trinajstić information content (AvgIpc) is 2.87. The molecule has 5 nitrogen and oxygen atoms in total. The lowest BCUT2D eigenvalue weighted by Gasteiger charge is -2.18. The smallest absolute Gasteiger partial charge is 0.268 e. The van der Waals surface area contributed by atoms with Crippen molar-refractivity contribution in [2.45, 2.75) is 18.4 Å². The molecule has 0 bridgehead atoms. The number of hydrogen-bond donors (Lipinski definition) is 1. The topological polar surface area (TPSA) is 62.6 Å². The van der Waals surface area contributed by atoms with Crippen LogP contribution in [0.5, 0.6) is 0 Å². The van der Waals surface area contributed by atoms with E-state index in [2.05, 4.69) is 21.2 Å². The predicted molar refractivity (Wildman–Crippen MR) is 85.8 cm³/mol. The number of anilines is 1. The van der Waals surface area contributed by atoms with Gasteiger partial charge in [0.25, 0.3) is 10.0 Å². The van der Waals surface area contributed by atoms with Crippen molar-refractivity contribution < 1.29 is 12.8 Å². The van der Waals surface area contributed by atoms with Crippen LogP contribution in [0.25, 0.3) is 0 Å². The number of para-hydroxylation sites is 1. The number of halogens is 1. The molecule has 0 saturated carbocycles. The van der Waals surface area contributed by atoms with E-state index in [1.807, 2.05) is 13.0 Å². The van der Waals surface area contributed by atoms with Crippen LogP contribution in [0.4, 0.5) is 5.69 Å². The lowest BCUT2D eigenvalue weighted by Crippen LogP contribution is -2.26. The molecule has 0 saturated heterocycles. The molecule has 0 aliphatic rings. The Hall–Kier alpha value is -1.31. The summed E-state index contributed by atoms with van der Waals surface area (Å²) in [6.45, 7) is 3.24. The molecule has 7 heteroatoms. The summed E-state index contributed by atoms with van der Waals surface area (Å²) in [7, 11) is -2.14. The first-order valence-corrected chi connectivity index (χ1v) is 8.73. The third-order valence-electron chi connectivity index (χ3n) is 3.01. The maximum absolute atomic E-state index is 12.7. The quantitative estimate of drug-likeness (QED) is 0.846. The lowest BCUT2D eigenvalue weighted by molar-refractivity contribution is 0.464. The summed E-state index contributed by atoms with van der Waals surface area (Å²) >= 11 is 3.19. The summed E-state index contributed by atoms with van der Waals surface area (Å²) in [6.07, 6.45) is 0. The lowest BCUT2D eigenvalue weighted by atomic mass is 10.3. The third kappa shape index (κ3) is 3.48. The first-order chi connectivity index (χ1) is 9.96. The number of sulfonamides is 1. The molecule has 0 amide bonds. The van der Waals surface area contributed by atoms with E-state index in [0.717, 1.165) is 6.54 Å². The zero-order valence-corrected chi connectivity index (χ0v) is 14.2. The molecule has 0 atom stereocenters. The van der Waals surface area contributed by atoms with Gasteiger partial charge < -0.3 is 9.73 Å². The van der Waals surface area contributed by atoms with Crippen molar-refractivity contribution in [3.63, 3.8) is 0 Å². The molecule has 0 aliphatic heterocycles. The Bertz CT molecular complexity index is 698. The average molecular weight is 373 g/mol. The van der Waals surface area contributed by atoms with Crippen LogP contribution in [0.1, 0.15) is 12.7 Å². The highest BCUT2D eigenvalue weighted by atomic mass is 79.9. The van der Waals surface area contributed by atoms with Crippen LogP contribution < -0.4 is 9.62 Å². The Balaban J connectivity index is 2.33. The Labute approximate surface area is 133 Å². The maximum atomic E-state index is 12.7. The summed E-state index contributed by atoms with van der Waals surface area (Å²) in [5.41, 5.74) is 0.596. The van der Waals surface area contributed by atoms with Gasteiger partial charge in [0.2, 0.25) is 0 Å². The van der Waals surface area contributed by atoms with Crippen molar-refractivity contribution in [3.8, 4) is 0 Å². The third-order valence-corrected chi connectivity index (χ3v) is 5.66. The van der Waals surface area contributed by atoms with E-state index in [0.29, 0.717) is 18.0 Å². The van der Waals surface area contributed by atoms with E-state index in [1.165, 1.54) is 11.4 Å². The van der Waals surface area contributed by atoms with Crippen molar-refractivity contribution in [2.24, 2.45) is 0 Å². The molecule has 1 aromatic carbocycles. The van der Waals surface area contributed by atoms with Gasteiger partial charge in [0.1, 0.15) is 10.7 Å². The zero-order chi connectivity index (χ0) is 15.5. The van der Waals surface area contributed by atoms with Crippen molar-refractivity contribution in [2.75, 3.05) is 17.9 Å². The first kappa shape index (κ1) is 16.1.